The Balaban J connectivity index is 1.48. The van der Waals surface area contributed by atoms with E-state index in [0.29, 0.717) is 6.54 Å². The van der Waals surface area contributed by atoms with Gasteiger partial charge in [0.2, 0.25) is 0 Å². The average molecular weight is 340 g/mol. The zero-order chi connectivity index (χ0) is 16.5. The van der Waals surface area contributed by atoms with Crippen LogP contribution in [-0.4, -0.2) is 48.8 Å². The first-order valence-corrected chi connectivity index (χ1v) is 9.53. The van der Waals surface area contributed by atoms with Crippen LogP contribution in [0.5, 0.6) is 0 Å². The molecule has 2 heterocycles. The van der Waals surface area contributed by atoms with Gasteiger partial charge in [0.25, 0.3) is 0 Å². The number of likely N-dealkylation sites (tertiary alicyclic amines) is 1. The number of amides is 2. The second-order valence-corrected chi connectivity index (χ2v) is 7.24. The molecule has 1 aliphatic rings. The summed E-state index contributed by atoms with van der Waals surface area (Å²) in [5, 5.41) is 19.3. The fourth-order valence-electron chi connectivity index (χ4n) is 2.99. The van der Waals surface area contributed by atoms with Crippen LogP contribution in [0.2, 0.25) is 0 Å². The number of nitrogens with zero attached hydrogens (tertiary/aromatic N) is 1. The Labute approximate surface area is 143 Å². The molecule has 0 aliphatic carbocycles. The maximum atomic E-state index is 11.7. The molecular weight excluding hydrogens is 310 g/mol. The molecule has 1 fully saturated rings. The highest BCUT2D eigenvalue weighted by molar-refractivity contribution is 7.07. The van der Waals surface area contributed by atoms with Crippen LogP contribution in [0.1, 0.15) is 44.3 Å². The van der Waals surface area contributed by atoms with E-state index in [9.17, 15) is 9.90 Å². The first-order chi connectivity index (χ1) is 11.1. The van der Waals surface area contributed by atoms with Crippen molar-refractivity contribution in [1.29, 1.82) is 0 Å². The van der Waals surface area contributed by atoms with Gasteiger partial charge < -0.3 is 20.6 Å². The van der Waals surface area contributed by atoms with Gasteiger partial charge in [-0.3, -0.25) is 0 Å². The summed E-state index contributed by atoms with van der Waals surface area (Å²) in [7, 11) is 0. The van der Waals surface area contributed by atoms with Gasteiger partial charge in [-0.05, 0) is 67.1 Å². The summed E-state index contributed by atoms with van der Waals surface area (Å²) in [6.07, 6.45) is 4.15. The van der Waals surface area contributed by atoms with Crippen molar-refractivity contribution in [2.24, 2.45) is 5.92 Å². The van der Waals surface area contributed by atoms with E-state index in [2.05, 4.69) is 22.5 Å². The molecule has 6 heteroatoms. The number of rotatable bonds is 8. The molecule has 2 unspecified atom stereocenters. The Hall–Kier alpha value is -1.11. The van der Waals surface area contributed by atoms with Gasteiger partial charge >= 0.3 is 6.03 Å². The van der Waals surface area contributed by atoms with Crippen LogP contribution in [-0.2, 0) is 0 Å². The van der Waals surface area contributed by atoms with Crippen molar-refractivity contribution in [2.45, 2.75) is 38.7 Å². The smallest absolute Gasteiger partial charge is 0.314 e. The van der Waals surface area contributed by atoms with Gasteiger partial charge in [0, 0.05) is 19.6 Å². The van der Waals surface area contributed by atoms with Crippen molar-refractivity contribution in [3.8, 4) is 0 Å². The SMILES string of the molecule is CC1CCCN(CCCCNC(=O)NCC(O)c2ccsc2)C1. The van der Waals surface area contributed by atoms with Crippen molar-refractivity contribution in [3.05, 3.63) is 22.4 Å². The van der Waals surface area contributed by atoms with Crippen molar-refractivity contribution < 1.29 is 9.90 Å². The molecule has 1 aromatic heterocycles. The summed E-state index contributed by atoms with van der Waals surface area (Å²) < 4.78 is 0. The molecule has 2 amide bonds. The lowest BCUT2D eigenvalue weighted by molar-refractivity contribution is 0.173. The molecule has 2 atom stereocenters. The molecule has 5 nitrogen and oxygen atoms in total. The van der Waals surface area contributed by atoms with E-state index >= 15 is 0 Å². The number of thiophene rings is 1. The molecule has 23 heavy (non-hydrogen) atoms. The van der Waals surface area contributed by atoms with Gasteiger partial charge in [0.1, 0.15) is 0 Å². The molecular formula is C17H29N3O2S. The number of piperidine rings is 1. The van der Waals surface area contributed by atoms with Crippen LogP contribution in [0, 0.1) is 5.92 Å². The monoisotopic (exact) mass is 339 g/mol. The summed E-state index contributed by atoms with van der Waals surface area (Å²) in [6, 6.07) is 1.67. The fraction of sp³-hybridized carbons (Fsp3) is 0.706. The van der Waals surface area contributed by atoms with E-state index in [0.717, 1.165) is 30.9 Å². The third-order valence-corrected chi connectivity index (χ3v) is 5.01. The summed E-state index contributed by atoms with van der Waals surface area (Å²) in [5.41, 5.74) is 0.853. The van der Waals surface area contributed by atoms with Gasteiger partial charge in [-0.1, -0.05) is 6.92 Å². The van der Waals surface area contributed by atoms with Crippen molar-refractivity contribution in [3.63, 3.8) is 0 Å². The predicted octanol–water partition coefficient (Wildman–Crippen LogP) is 2.59. The van der Waals surface area contributed by atoms with Gasteiger partial charge in [0.05, 0.1) is 6.10 Å². The van der Waals surface area contributed by atoms with E-state index in [4.69, 9.17) is 0 Å². The van der Waals surface area contributed by atoms with E-state index in [1.54, 1.807) is 11.3 Å². The highest BCUT2D eigenvalue weighted by Crippen LogP contribution is 2.16. The predicted molar refractivity (Wildman–Crippen MR) is 94.8 cm³/mol. The number of hydrogen-bond acceptors (Lipinski definition) is 4. The van der Waals surface area contributed by atoms with Gasteiger partial charge in [-0.2, -0.15) is 11.3 Å². The Morgan fingerprint density at radius 2 is 2.35 bits per heavy atom. The van der Waals surface area contributed by atoms with Gasteiger partial charge in [0.15, 0.2) is 0 Å². The zero-order valence-electron chi connectivity index (χ0n) is 14.0. The minimum absolute atomic E-state index is 0.203. The number of aliphatic hydroxyl groups excluding tert-OH is 1. The maximum absolute atomic E-state index is 11.7. The Bertz CT molecular complexity index is 453. The van der Waals surface area contributed by atoms with Crippen LogP contribution >= 0.6 is 11.3 Å². The Kier molecular flexibility index (Phi) is 7.85. The fourth-order valence-corrected chi connectivity index (χ4v) is 3.69. The second kappa shape index (κ2) is 9.90. The van der Waals surface area contributed by atoms with Crippen LogP contribution in [0.15, 0.2) is 16.8 Å². The highest BCUT2D eigenvalue weighted by atomic mass is 32.1. The van der Waals surface area contributed by atoms with Crippen LogP contribution in [0.25, 0.3) is 0 Å². The molecule has 2 rings (SSSR count). The van der Waals surface area contributed by atoms with E-state index < -0.39 is 6.10 Å². The zero-order valence-corrected chi connectivity index (χ0v) is 14.8. The largest absolute Gasteiger partial charge is 0.387 e. The number of aliphatic hydroxyl groups is 1. The van der Waals surface area contributed by atoms with Crippen molar-refractivity contribution >= 4 is 17.4 Å². The van der Waals surface area contributed by atoms with Crippen molar-refractivity contribution in [1.82, 2.24) is 15.5 Å². The molecule has 130 valence electrons. The van der Waals surface area contributed by atoms with E-state index in [1.807, 2.05) is 16.8 Å². The van der Waals surface area contributed by atoms with Crippen molar-refractivity contribution in [2.75, 3.05) is 32.7 Å². The third-order valence-electron chi connectivity index (χ3n) is 4.31. The van der Waals surface area contributed by atoms with Gasteiger partial charge in [-0.25, -0.2) is 4.79 Å². The number of unbranched alkanes of at least 4 members (excludes halogenated alkanes) is 1. The third kappa shape index (κ3) is 6.89. The lowest BCUT2D eigenvalue weighted by Crippen LogP contribution is -2.38. The lowest BCUT2D eigenvalue weighted by atomic mass is 10.0. The first kappa shape index (κ1) is 18.2. The highest BCUT2D eigenvalue weighted by Gasteiger charge is 2.15. The number of urea groups is 1. The summed E-state index contributed by atoms with van der Waals surface area (Å²) in [4.78, 5) is 14.2. The standard InChI is InChI=1S/C17H29N3O2S/c1-14-5-4-9-20(12-14)8-3-2-7-18-17(22)19-11-16(21)15-6-10-23-13-15/h6,10,13-14,16,21H,2-5,7-9,11-12H2,1H3,(H2,18,19,22). The molecule has 0 radical (unpaired) electrons. The summed E-state index contributed by atoms with van der Waals surface area (Å²) in [6.45, 7) is 6.82. The quantitative estimate of drug-likeness (QED) is 0.638. The van der Waals surface area contributed by atoms with Crippen LogP contribution in [0.4, 0.5) is 4.79 Å². The topological polar surface area (TPSA) is 64.6 Å². The lowest BCUT2D eigenvalue weighted by Gasteiger charge is -2.30. The van der Waals surface area contributed by atoms with E-state index in [1.165, 1.54) is 25.9 Å². The molecule has 0 bridgehead atoms. The molecule has 0 saturated carbocycles. The molecule has 1 saturated heterocycles. The molecule has 3 N–H and O–H groups in total. The minimum Gasteiger partial charge on any atom is -0.387 e. The molecule has 1 aromatic rings. The minimum atomic E-state index is -0.631. The first-order valence-electron chi connectivity index (χ1n) is 8.59. The number of nitrogens with one attached hydrogen (secondary N) is 2. The van der Waals surface area contributed by atoms with Crippen LogP contribution < -0.4 is 10.6 Å². The number of carbonyl (C=O) groups is 1. The molecule has 0 aromatic carbocycles. The van der Waals surface area contributed by atoms with E-state index in [-0.39, 0.29) is 12.6 Å². The summed E-state index contributed by atoms with van der Waals surface area (Å²) >= 11 is 1.54. The number of carbonyl (C=O) groups excluding carboxylic acids is 1. The molecule has 1 aliphatic heterocycles. The maximum Gasteiger partial charge on any atom is 0.314 e. The Morgan fingerprint density at radius 1 is 1.48 bits per heavy atom. The number of hydrogen-bond donors (Lipinski definition) is 3. The summed E-state index contributed by atoms with van der Waals surface area (Å²) in [5.74, 6) is 0.822. The average Bonchev–Trinajstić information content (AvgIpc) is 3.07. The van der Waals surface area contributed by atoms with Crippen LogP contribution in [0.3, 0.4) is 0 Å². The normalized spacial score (nSPS) is 20.2. The second-order valence-electron chi connectivity index (χ2n) is 6.46. The van der Waals surface area contributed by atoms with Gasteiger partial charge in [-0.15, -0.1) is 0 Å². The molecule has 0 spiro atoms. The Morgan fingerprint density at radius 3 is 3.09 bits per heavy atom.